The van der Waals surface area contributed by atoms with Gasteiger partial charge in [-0.2, -0.15) is 0 Å². The summed E-state index contributed by atoms with van der Waals surface area (Å²) in [5.41, 5.74) is 7.41. The number of nitrogens with zero attached hydrogens (tertiary/aromatic N) is 5. The summed E-state index contributed by atoms with van der Waals surface area (Å²) in [7, 11) is 0. The van der Waals surface area contributed by atoms with Crippen LogP contribution in [-0.4, -0.2) is 44.5 Å². The van der Waals surface area contributed by atoms with Crippen molar-refractivity contribution in [2.24, 2.45) is 0 Å². The number of carbonyl (C=O) groups excluding carboxylic acids is 1. The van der Waals surface area contributed by atoms with Gasteiger partial charge in [0.15, 0.2) is 11.6 Å². The van der Waals surface area contributed by atoms with Gasteiger partial charge in [0.1, 0.15) is 18.0 Å². The molecule has 0 atom stereocenters. The Hall–Kier alpha value is -4.08. The molecular formula is C22H22FN7O2. The second kappa shape index (κ2) is 8.22. The van der Waals surface area contributed by atoms with E-state index >= 15 is 0 Å². The van der Waals surface area contributed by atoms with Crippen LogP contribution in [0.4, 0.5) is 16.0 Å². The molecule has 1 saturated heterocycles. The van der Waals surface area contributed by atoms with Crippen molar-refractivity contribution in [3.8, 4) is 22.9 Å². The molecule has 0 unspecified atom stereocenters. The number of anilines is 2. The molecule has 1 aliphatic rings. The number of aromatic nitrogens is 4. The van der Waals surface area contributed by atoms with Gasteiger partial charge in [0.05, 0.1) is 11.1 Å². The molecule has 4 rings (SSSR count). The fourth-order valence-electron chi connectivity index (χ4n) is 3.59. The van der Waals surface area contributed by atoms with Crippen molar-refractivity contribution in [1.82, 2.24) is 25.3 Å². The third-order valence-corrected chi connectivity index (χ3v) is 5.04. The van der Waals surface area contributed by atoms with Crippen molar-refractivity contribution in [2.45, 2.75) is 19.4 Å². The van der Waals surface area contributed by atoms with Gasteiger partial charge in [-0.3, -0.25) is 4.79 Å². The zero-order valence-corrected chi connectivity index (χ0v) is 17.7. The predicted molar refractivity (Wildman–Crippen MR) is 118 cm³/mol. The second-order valence-corrected chi connectivity index (χ2v) is 7.80. The highest BCUT2D eigenvalue weighted by molar-refractivity contribution is 5.88. The molecule has 3 heterocycles. The molecule has 3 N–H and O–H groups in total. The Kier molecular flexibility index (Phi) is 5.43. The molecule has 164 valence electrons. The molecule has 0 bridgehead atoms. The molecule has 10 heteroatoms. The number of hydrogen-bond acceptors (Lipinski definition) is 8. The van der Waals surface area contributed by atoms with Crippen LogP contribution in [0.2, 0.25) is 0 Å². The molecule has 0 spiro atoms. The fraction of sp³-hybridized carbons (Fsp3) is 0.227. The van der Waals surface area contributed by atoms with E-state index in [1.165, 1.54) is 30.7 Å². The third-order valence-electron chi connectivity index (χ3n) is 5.04. The van der Waals surface area contributed by atoms with E-state index in [-0.39, 0.29) is 23.5 Å². The lowest BCUT2D eigenvalue weighted by Gasteiger charge is -2.49. The zero-order valence-electron chi connectivity index (χ0n) is 17.7. The summed E-state index contributed by atoms with van der Waals surface area (Å²) in [6.07, 6.45) is 4.13. The van der Waals surface area contributed by atoms with E-state index in [1.807, 2.05) is 11.8 Å². The van der Waals surface area contributed by atoms with Gasteiger partial charge in [0.25, 0.3) is 0 Å². The van der Waals surface area contributed by atoms with Gasteiger partial charge in [-0.25, -0.2) is 24.3 Å². The first kappa shape index (κ1) is 21.2. The Balaban J connectivity index is 1.60. The molecule has 0 radical (unpaired) electrons. The molecule has 1 aromatic carbocycles. The number of hydrogen-bond donors (Lipinski definition) is 2. The number of ether oxygens (including phenoxy) is 1. The maximum Gasteiger partial charge on any atom is 0.322 e. The lowest BCUT2D eigenvalue weighted by molar-refractivity contribution is -0.118. The largest absolute Gasteiger partial charge is 0.421 e. The second-order valence-electron chi connectivity index (χ2n) is 7.80. The lowest BCUT2D eigenvalue weighted by Crippen LogP contribution is -2.68. The number of halogens is 1. The van der Waals surface area contributed by atoms with E-state index in [2.05, 4.69) is 31.8 Å². The number of nitrogen functional groups attached to an aromatic ring is 1. The maximum absolute atomic E-state index is 14.9. The van der Waals surface area contributed by atoms with Crippen LogP contribution in [-0.2, 0) is 4.79 Å². The fourth-order valence-corrected chi connectivity index (χ4v) is 3.59. The van der Waals surface area contributed by atoms with Crippen LogP contribution in [0.3, 0.4) is 0 Å². The van der Waals surface area contributed by atoms with Crippen molar-refractivity contribution in [3.05, 3.63) is 61.0 Å². The molecule has 9 nitrogen and oxygen atoms in total. The highest BCUT2D eigenvalue weighted by Crippen LogP contribution is 2.38. The smallest absolute Gasteiger partial charge is 0.322 e. The average Bonchev–Trinajstić information content (AvgIpc) is 2.73. The van der Waals surface area contributed by atoms with E-state index in [1.54, 1.807) is 19.1 Å². The van der Waals surface area contributed by atoms with Gasteiger partial charge in [0.2, 0.25) is 5.91 Å². The Morgan fingerprint density at radius 3 is 2.78 bits per heavy atom. The first-order valence-corrected chi connectivity index (χ1v) is 9.85. The van der Waals surface area contributed by atoms with Crippen LogP contribution in [0, 0.1) is 12.7 Å². The van der Waals surface area contributed by atoms with E-state index in [4.69, 9.17) is 10.5 Å². The Labute approximate surface area is 184 Å². The van der Waals surface area contributed by atoms with Crippen LogP contribution in [0.1, 0.15) is 12.6 Å². The number of rotatable bonds is 6. The van der Waals surface area contributed by atoms with Gasteiger partial charge < -0.3 is 20.7 Å². The van der Waals surface area contributed by atoms with Crippen LogP contribution in [0.25, 0.3) is 11.1 Å². The van der Waals surface area contributed by atoms with Crippen molar-refractivity contribution in [2.75, 3.05) is 23.7 Å². The molecule has 1 fully saturated rings. The van der Waals surface area contributed by atoms with E-state index in [0.717, 1.165) is 0 Å². The molecule has 0 aliphatic carbocycles. The van der Waals surface area contributed by atoms with Gasteiger partial charge in [-0.05, 0) is 43.7 Å². The minimum absolute atomic E-state index is 0.0139. The van der Waals surface area contributed by atoms with Crippen molar-refractivity contribution in [1.29, 1.82) is 0 Å². The monoisotopic (exact) mass is 435 g/mol. The average molecular weight is 435 g/mol. The standard InChI is InChI=1S/C22H22FN7O2/c1-4-17(31)29-22(3)10-30(11-22)20-18(19(24)26-12-27-20)14-5-6-16(15(23)9-14)32-21-25-8-7-13(2)28-21/h4-9,12H,1,10-11H2,2-3H3,(H,29,31)(H2,24,26,27). The summed E-state index contributed by atoms with van der Waals surface area (Å²) in [5, 5.41) is 2.90. The molecule has 2 aromatic heterocycles. The predicted octanol–water partition coefficient (Wildman–Crippen LogP) is 2.64. The van der Waals surface area contributed by atoms with Crippen LogP contribution >= 0.6 is 0 Å². The first-order valence-electron chi connectivity index (χ1n) is 9.85. The lowest BCUT2D eigenvalue weighted by atomic mass is 9.91. The minimum atomic E-state index is -0.603. The van der Waals surface area contributed by atoms with E-state index in [9.17, 15) is 9.18 Å². The molecule has 1 aliphatic heterocycles. The van der Waals surface area contributed by atoms with Crippen LogP contribution < -0.4 is 20.7 Å². The normalized spacial score (nSPS) is 14.4. The SMILES string of the molecule is C=CC(=O)NC1(C)CN(c2ncnc(N)c2-c2ccc(Oc3nccc(C)n3)c(F)c2)C1. The van der Waals surface area contributed by atoms with Gasteiger partial charge >= 0.3 is 6.01 Å². The third kappa shape index (κ3) is 4.20. The number of nitrogens with one attached hydrogen (secondary N) is 1. The number of carbonyl (C=O) groups is 1. The topological polar surface area (TPSA) is 119 Å². The van der Waals surface area contributed by atoms with Crippen molar-refractivity contribution in [3.63, 3.8) is 0 Å². The van der Waals surface area contributed by atoms with Gasteiger partial charge in [-0.1, -0.05) is 12.6 Å². The van der Waals surface area contributed by atoms with Crippen molar-refractivity contribution >= 4 is 17.5 Å². The summed E-state index contributed by atoms with van der Waals surface area (Å²) in [4.78, 5) is 30.1. The zero-order chi connectivity index (χ0) is 22.9. The summed E-state index contributed by atoms with van der Waals surface area (Å²) in [6, 6.07) is 6.24. The summed E-state index contributed by atoms with van der Waals surface area (Å²) >= 11 is 0. The highest BCUT2D eigenvalue weighted by Gasteiger charge is 2.41. The molecule has 32 heavy (non-hydrogen) atoms. The van der Waals surface area contributed by atoms with Gasteiger partial charge in [0, 0.05) is 25.0 Å². The molecular weight excluding hydrogens is 413 g/mol. The molecule has 3 aromatic rings. The first-order chi connectivity index (χ1) is 15.3. The summed E-state index contributed by atoms with van der Waals surface area (Å²) in [5.74, 6) is -0.0926. The van der Waals surface area contributed by atoms with E-state index < -0.39 is 11.4 Å². The quantitative estimate of drug-likeness (QED) is 0.567. The number of nitrogens with two attached hydrogens (primary N) is 1. The number of aryl methyl sites for hydroxylation is 1. The number of benzene rings is 1. The van der Waals surface area contributed by atoms with Crippen molar-refractivity contribution < 1.29 is 13.9 Å². The maximum atomic E-state index is 14.9. The van der Waals surface area contributed by atoms with Gasteiger partial charge in [-0.15, -0.1) is 0 Å². The van der Waals surface area contributed by atoms with Crippen LogP contribution in [0.5, 0.6) is 11.8 Å². The van der Waals surface area contributed by atoms with E-state index in [0.29, 0.717) is 35.7 Å². The molecule has 1 amide bonds. The Bertz CT molecular complexity index is 1190. The minimum Gasteiger partial charge on any atom is -0.421 e. The highest BCUT2D eigenvalue weighted by atomic mass is 19.1. The Morgan fingerprint density at radius 1 is 1.31 bits per heavy atom. The molecule has 0 saturated carbocycles. The Morgan fingerprint density at radius 2 is 2.09 bits per heavy atom. The summed E-state index contributed by atoms with van der Waals surface area (Å²) in [6.45, 7) is 8.20. The summed E-state index contributed by atoms with van der Waals surface area (Å²) < 4.78 is 20.3. The number of amides is 1. The van der Waals surface area contributed by atoms with Crippen LogP contribution in [0.15, 0.2) is 49.4 Å².